The molecule has 4 heteroatoms. The molecular formula is C36H35Cl3Ti. The molecule has 5 rings (SSSR count). The number of rotatable bonds is 5. The van der Waals surface area contributed by atoms with Crippen LogP contribution in [0, 0.1) is 41.5 Å². The summed E-state index contributed by atoms with van der Waals surface area (Å²) in [4.78, 5) is 0. The van der Waals surface area contributed by atoms with Gasteiger partial charge in [0.05, 0.1) is 0 Å². The Hall–Kier alpha value is -2.19. The van der Waals surface area contributed by atoms with Crippen LogP contribution in [0.3, 0.4) is 0 Å². The monoisotopic (exact) mass is 620 g/mol. The van der Waals surface area contributed by atoms with Gasteiger partial charge in [-0.3, -0.25) is 0 Å². The van der Waals surface area contributed by atoms with Crippen molar-refractivity contribution in [2.24, 2.45) is 0 Å². The molecule has 204 valence electrons. The molecule has 0 fully saturated rings. The Labute approximate surface area is 274 Å². The Morgan fingerprint density at radius 2 is 0.800 bits per heavy atom. The summed E-state index contributed by atoms with van der Waals surface area (Å²) in [5.74, 6) is 0. The van der Waals surface area contributed by atoms with Gasteiger partial charge in [-0.25, -0.2) is 6.07 Å². The maximum absolute atomic E-state index is 2.41. The van der Waals surface area contributed by atoms with Gasteiger partial charge in [-0.1, -0.05) is 124 Å². The predicted molar refractivity (Wildman–Crippen MR) is 154 cm³/mol. The molecule has 0 amide bonds. The van der Waals surface area contributed by atoms with E-state index in [1.165, 1.54) is 66.8 Å². The zero-order valence-electron chi connectivity index (χ0n) is 23.9. The van der Waals surface area contributed by atoms with Crippen LogP contribution in [-0.4, -0.2) is 0 Å². The summed E-state index contributed by atoms with van der Waals surface area (Å²) in [6, 6.07) is 38.9. The molecule has 5 aromatic rings. The maximum atomic E-state index is 2.41. The number of aryl methyl sites for hydroxylation is 6. The molecule has 0 nitrogen and oxygen atoms in total. The molecule has 0 bridgehead atoms. The quantitative estimate of drug-likeness (QED) is 0.151. The van der Waals surface area contributed by atoms with Crippen LogP contribution in [0.1, 0.15) is 55.6 Å². The van der Waals surface area contributed by atoms with E-state index in [-0.39, 0.29) is 58.9 Å². The first kappa shape index (κ1) is 35.8. The molecule has 0 atom stereocenters. The predicted octanol–water partition coefficient (Wildman–Crippen LogP) is 0.315. The van der Waals surface area contributed by atoms with Crippen molar-refractivity contribution >= 4 is 0 Å². The van der Waals surface area contributed by atoms with Crippen LogP contribution < -0.4 is 37.2 Å². The van der Waals surface area contributed by atoms with Gasteiger partial charge >= 0.3 is 21.7 Å². The van der Waals surface area contributed by atoms with E-state index >= 15 is 0 Å². The van der Waals surface area contributed by atoms with E-state index in [4.69, 9.17) is 0 Å². The number of hydrogen-bond acceptors (Lipinski definition) is 0. The third kappa shape index (κ3) is 6.99. The molecule has 5 aromatic carbocycles. The van der Waals surface area contributed by atoms with Crippen molar-refractivity contribution in [3.63, 3.8) is 0 Å². The van der Waals surface area contributed by atoms with Gasteiger partial charge in [0.2, 0.25) is 0 Å². The third-order valence-corrected chi connectivity index (χ3v) is 7.26. The molecule has 0 saturated heterocycles. The topological polar surface area (TPSA) is 0 Å². The third-order valence-electron chi connectivity index (χ3n) is 7.26. The zero-order valence-corrected chi connectivity index (χ0v) is 27.8. The van der Waals surface area contributed by atoms with Crippen LogP contribution in [-0.2, 0) is 27.1 Å². The van der Waals surface area contributed by atoms with E-state index < -0.39 is 5.41 Å². The largest absolute Gasteiger partial charge is 4.00 e. The van der Waals surface area contributed by atoms with Crippen molar-refractivity contribution in [3.05, 3.63) is 159 Å². The van der Waals surface area contributed by atoms with Gasteiger partial charge < -0.3 is 37.2 Å². The van der Waals surface area contributed by atoms with Gasteiger partial charge in [0.15, 0.2) is 0 Å². The first-order valence-corrected chi connectivity index (χ1v) is 12.8. The molecule has 0 radical (unpaired) electrons. The minimum Gasteiger partial charge on any atom is -1.00 e. The van der Waals surface area contributed by atoms with Gasteiger partial charge in [-0.05, 0) is 58.2 Å². The summed E-state index contributed by atoms with van der Waals surface area (Å²) in [5.41, 5.74) is 15.1. The second-order valence-electron chi connectivity index (χ2n) is 10.6. The second kappa shape index (κ2) is 14.6. The minimum absolute atomic E-state index is 0. The standard InChI is InChI=1S/C36H35.3ClH.Ti/c1-24-14-25(2)18-33(17-24)36(34-19-26(3)15-27(4)20-34,35-21-28(5)16-29(6)22-35)32-13-12-31(23-32)30-10-8-7-9-11-30;;;;/h7-23H,1-6H3;3*1H;/q-1;;;;+4/p-3. The van der Waals surface area contributed by atoms with Gasteiger partial charge in [-0.2, -0.15) is 17.7 Å². The molecule has 0 heterocycles. The molecule has 40 heavy (non-hydrogen) atoms. The van der Waals surface area contributed by atoms with Crippen LogP contribution in [0.2, 0.25) is 0 Å². The molecule has 0 aliphatic carbocycles. The van der Waals surface area contributed by atoms with Crippen LogP contribution in [0.4, 0.5) is 0 Å². The summed E-state index contributed by atoms with van der Waals surface area (Å²) in [6.45, 7) is 13.3. The fraction of sp³-hybridized carbons (Fsp3) is 0.194. The molecule has 0 unspecified atom stereocenters. The fourth-order valence-corrected chi connectivity index (χ4v) is 6.06. The van der Waals surface area contributed by atoms with Gasteiger partial charge in [-0.15, -0.1) is 5.56 Å². The van der Waals surface area contributed by atoms with Crippen molar-refractivity contribution in [2.75, 3.05) is 0 Å². The van der Waals surface area contributed by atoms with Crippen molar-refractivity contribution in [1.29, 1.82) is 0 Å². The average molecular weight is 622 g/mol. The summed E-state index contributed by atoms with van der Waals surface area (Å²) in [7, 11) is 0. The van der Waals surface area contributed by atoms with E-state index in [1.807, 2.05) is 0 Å². The van der Waals surface area contributed by atoms with Crippen LogP contribution in [0.5, 0.6) is 0 Å². The number of halogens is 3. The van der Waals surface area contributed by atoms with Crippen molar-refractivity contribution in [3.8, 4) is 11.1 Å². The zero-order chi connectivity index (χ0) is 25.4. The van der Waals surface area contributed by atoms with Crippen molar-refractivity contribution < 1.29 is 58.9 Å². The molecular weight excluding hydrogens is 587 g/mol. The van der Waals surface area contributed by atoms with E-state index in [2.05, 4.69) is 145 Å². The van der Waals surface area contributed by atoms with Gasteiger partial charge in [0.1, 0.15) is 0 Å². The molecule has 0 aliphatic heterocycles. The average Bonchev–Trinajstić information content (AvgIpc) is 3.29. The normalized spacial score (nSPS) is 10.4. The minimum atomic E-state index is -0.433. The molecule has 0 saturated carbocycles. The fourth-order valence-electron chi connectivity index (χ4n) is 6.06. The molecule has 0 aliphatic rings. The Balaban J connectivity index is 0.00000200. The molecule has 0 aromatic heterocycles. The first-order chi connectivity index (χ1) is 17.3. The van der Waals surface area contributed by atoms with Crippen molar-refractivity contribution in [1.82, 2.24) is 0 Å². The van der Waals surface area contributed by atoms with Crippen LogP contribution in [0.15, 0.2) is 103 Å². The van der Waals surface area contributed by atoms with E-state index in [9.17, 15) is 0 Å². The van der Waals surface area contributed by atoms with Crippen LogP contribution >= 0.6 is 0 Å². The number of hydrogen-bond donors (Lipinski definition) is 0. The first-order valence-electron chi connectivity index (χ1n) is 12.8. The van der Waals surface area contributed by atoms with Crippen LogP contribution in [0.25, 0.3) is 11.1 Å². The second-order valence-corrected chi connectivity index (χ2v) is 10.6. The Bertz CT molecular complexity index is 1360. The Kier molecular flexibility index (Phi) is 13.1. The van der Waals surface area contributed by atoms with E-state index in [0.29, 0.717) is 0 Å². The molecule has 0 spiro atoms. The summed E-state index contributed by atoms with van der Waals surface area (Å²) >= 11 is 0. The Morgan fingerprint density at radius 1 is 0.450 bits per heavy atom. The smallest absolute Gasteiger partial charge is 1.00 e. The summed E-state index contributed by atoms with van der Waals surface area (Å²) in [6.07, 6.45) is 0. The Morgan fingerprint density at radius 3 is 1.15 bits per heavy atom. The van der Waals surface area contributed by atoms with E-state index in [1.54, 1.807) is 0 Å². The summed E-state index contributed by atoms with van der Waals surface area (Å²) in [5, 5.41) is 0. The SMILES string of the molecule is Cc1cc(C)cc(C(c2cc(C)cc(C)c2)(c2cc(C)cc(C)c2)[c-]2ccc(-c3ccccc3)c2)c1.[Cl-].[Cl-].[Cl-].[Ti+4]. The maximum Gasteiger partial charge on any atom is 4.00 e. The molecule has 0 N–H and O–H groups in total. The van der Waals surface area contributed by atoms with Gasteiger partial charge in [0, 0.05) is 5.41 Å². The summed E-state index contributed by atoms with van der Waals surface area (Å²) < 4.78 is 0. The van der Waals surface area contributed by atoms with Gasteiger partial charge in [0.25, 0.3) is 0 Å². The van der Waals surface area contributed by atoms with E-state index in [0.717, 1.165) is 0 Å². The number of benzene rings is 4. The van der Waals surface area contributed by atoms with Crippen molar-refractivity contribution in [2.45, 2.75) is 47.0 Å².